The fraction of sp³-hybridized carbons (Fsp3) is 0.421. The van der Waals surface area contributed by atoms with E-state index in [0.29, 0.717) is 6.54 Å². The molecule has 1 aliphatic heterocycles. The van der Waals surface area contributed by atoms with Crippen LogP contribution in [0, 0.1) is 0 Å². The Kier molecular flexibility index (Phi) is 6.08. The van der Waals surface area contributed by atoms with E-state index in [-0.39, 0.29) is 11.7 Å². The molecule has 0 saturated carbocycles. The number of nitrogens with one attached hydrogen (secondary N) is 2. The van der Waals surface area contributed by atoms with Gasteiger partial charge in [-0.05, 0) is 37.7 Å². The number of amides is 2. The van der Waals surface area contributed by atoms with E-state index in [0.717, 1.165) is 37.6 Å². The predicted octanol–water partition coefficient (Wildman–Crippen LogP) is 0.861. The summed E-state index contributed by atoms with van der Waals surface area (Å²) in [5.41, 5.74) is 0.908. The predicted molar refractivity (Wildman–Crippen MR) is 101 cm³/mol. The third kappa shape index (κ3) is 5.07. The number of piperazine rings is 1. The molecule has 0 aromatic carbocycles. The van der Waals surface area contributed by atoms with Crippen LogP contribution in [0.3, 0.4) is 0 Å². The Morgan fingerprint density at radius 1 is 1.22 bits per heavy atom. The first-order valence-electron chi connectivity index (χ1n) is 9.03. The van der Waals surface area contributed by atoms with Gasteiger partial charge in [0.1, 0.15) is 11.9 Å². The van der Waals surface area contributed by atoms with Crippen molar-refractivity contribution >= 4 is 17.6 Å². The van der Waals surface area contributed by atoms with Gasteiger partial charge in [-0.25, -0.2) is 4.98 Å². The summed E-state index contributed by atoms with van der Waals surface area (Å²) < 4.78 is 5.01. The van der Waals surface area contributed by atoms with Crippen molar-refractivity contribution in [2.75, 3.05) is 38.1 Å². The summed E-state index contributed by atoms with van der Waals surface area (Å²) in [6, 6.07) is 6.45. The van der Waals surface area contributed by atoms with E-state index in [1.165, 1.54) is 6.26 Å². The Bertz CT molecular complexity index is 752. The Labute approximate surface area is 158 Å². The molecule has 2 amide bonds. The molecule has 1 unspecified atom stereocenters. The number of carbonyl (C=O) groups excluding carboxylic acids is 2. The van der Waals surface area contributed by atoms with E-state index in [1.807, 2.05) is 12.1 Å². The first-order chi connectivity index (χ1) is 13.0. The molecule has 1 atom stereocenters. The highest BCUT2D eigenvalue weighted by atomic mass is 16.3. The van der Waals surface area contributed by atoms with Gasteiger partial charge in [0.25, 0.3) is 5.91 Å². The van der Waals surface area contributed by atoms with Crippen molar-refractivity contribution in [1.29, 1.82) is 0 Å². The Morgan fingerprint density at radius 3 is 2.63 bits per heavy atom. The van der Waals surface area contributed by atoms with Gasteiger partial charge in [0.05, 0.1) is 6.26 Å². The van der Waals surface area contributed by atoms with Gasteiger partial charge in [0.2, 0.25) is 5.91 Å². The summed E-state index contributed by atoms with van der Waals surface area (Å²) in [5, 5.41) is 5.41. The number of carbonyl (C=O) groups is 2. The lowest BCUT2D eigenvalue weighted by atomic mass is 10.2. The largest absolute Gasteiger partial charge is 0.459 e. The van der Waals surface area contributed by atoms with Gasteiger partial charge >= 0.3 is 0 Å². The molecule has 0 aliphatic carbocycles. The van der Waals surface area contributed by atoms with Gasteiger partial charge in [-0.3, -0.25) is 9.59 Å². The third-order valence-electron chi connectivity index (χ3n) is 4.59. The first-order valence-corrected chi connectivity index (χ1v) is 9.03. The lowest BCUT2D eigenvalue weighted by Gasteiger charge is -2.33. The smallest absolute Gasteiger partial charge is 0.287 e. The highest BCUT2D eigenvalue weighted by Crippen LogP contribution is 2.13. The number of likely N-dealkylation sites (N-methyl/N-ethyl adjacent to an activating group) is 1. The fourth-order valence-corrected chi connectivity index (χ4v) is 2.83. The zero-order valence-electron chi connectivity index (χ0n) is 15.6. The SMILES string of the molecule is CC(NC(=O)c1ccco1)C(=O)NCc1ccc(N2CCN(C)CC2)nc1. The van der Waals surface area contributed by atoms with Crippen molar-refractivity contribution in [3.63, 3.8) is 0 Å². The summed E-state index contributed by atoms with van der Waals surface area (Å²) in [5.74, 6) is 0.453. The van der Waals surface area contributed by atoms with Gasteiger partial charge in [0, 0.05) is 38.9 Å². The van der Waals surface area contributed by atoms with Crippen LogP contribution in [0.2, 0.25) is 0 Å². The highest BCUT2D eigenvalue weighted by molar-refractivity contribution is 5.95. The van der Waals surface area contributed by atoms with E-state index in [4.69, 9.17) is 4.42 Å². The van der Waals surface area contributed by atoms with Gasteiger partial charge < -0.3 is 24.9 Å². The number of nitrogens with zero attached hydrogens (tertiary/aromatic N) is 3. The van der Waals surface area contributed by atoms with Gasteiger partial charge in [-0.15, -0.1) is 0 Å². The van der Waals surface area contributed by atoms with Crippen LogP contribution < -0.4 is 15.5 Å². The average molecular weight is 371 g/mol. The minimum absolute atomic E-state index is 0.179. The summed E-state index contributed by atoms with van der Waals surface area (Å²) >= 11 is 0. The number of pyridine rings is 1. The zero-order valence-corrected chi connectivity index (χ0v) is 15.6. The molecule has 8 nitrogen and oxygen atoms in total. The number of aromatic nitrogens is 1. The minimum Gasteiger partial charge on any atom is -0.459 e. The van der Waals surface area contributed by atoms with Crippen LogP contribution in [-0.4, -0.2) is 61.0 Å². The second-order valence-electron chi connectivity index (χ2n) is 6.71. The quantitative estimate of drug-likeness (QED) is 0.783. The van der Waals surface area contributed by atoms with Crippen molar-refractivity contribution in [3.05, 3.63) is 48.0 Å². The second kappa shape index (κ2) is 8.68. The molecular formula is C19H25N5O3. The Hall–Kier alpha value is -2.87. The van der Waals surface area contributed by atoms with Crippen LogP contribution in [-0.2, 0) is 11.3 Å². The molecule has 0 radical (unpaired) electrons. The van der Waals surface area contributed by atoms with Gasteiger partial charge in [0.15, 0.2) is 5.76 Å². The summed E-state index contributed by atoms with van der Waals surface area (Å²) in [6.45, 7) is 5.97. The van der Waals surface area contributed by atoms with Crippen LogP contribution in [0.1, 0.15) is 23.0 Å². The molecule has 3 rings (SSSR count). The fourth-order valence-electron chi connectivity index (χ4n) is 2.83. The lowest BCUT2D eigenvalue weighted by Crippen LogP contribution is -2.45. The van der Waals surface area contributed by atoms with Crippen LogP contribution in [0.15, 0.2) is 41.1 Å². The maximum atomic E-state index is 12.2. The molecule has 1 saturated heterocycles. The summed E-state index contributed by atoms with van der Waals surface area (Å²) in [6.07, 6.45) is 3.19. The first kappa shape index (κ1) is 18.9. The van der Waals surface area contributed by atoms with Crippen LogP contribution in [0.25, 0.3) is 0 Å². The van der Waals surface area contributed by atoms with E-state index < -0.39 is 11.9 Å². The van der Waals surface area contributed by atoms with Crippen molar-refractivity contribution < 1.29 is 14.0 Å². The molecule has 3 heterocycles. The molecule has 144 valence electrons. The number of furan rings is 1. The van der Waals surface area contributed by atoms with Crippen LogP contribution in [0.5, 0.6) is 0 Å². The normalized spacial score (nSPS) is 16.0. The number of hydrogen-bond acceptors (Lipinski definition) is 6. The van der Waals surface area contributed by atoms with E-state index in [9.17, 15) is 9.59 Å². The van der Waals surface area contributed by atoms with Crippen LogP contribution in [0.4, 0.5) is 5.82 Å². The minimum atomic E-state index is -0.667. The molecule has 1 fully saturated rings. The standard InChI is InChI=1S/C19H25N5O3/c1-14(22-19(26)16-4-3-11-27-16)18(25)21-13-15-5-6-17(20-12-15)24-9-7-23(2)8-10-24/h3-6,11-12,14H,7-10,13H2,1-2H3,(H,21,25)(H,22,26). The molecule has 0 bridgehead atoms. The number of hydrogen-bond donors (Lipinski definition) is 2. The maximum Gasteiger partial charge on any atom is 0.287 e. The monoisotopic (exact) mass is 371 g/mol. The molecule has 27 heavy (non-hydrogen) atoms. The van der Waals surface area contributed by atoms with Crippen molar-refractivity contribution in [1.82, 2.24) is 20.5 Å². The van der Waals surface area contributed by atoms with Crippen molar-refractivity contribution in [2.45, 2.75) is 19.5 Å². The third-order valence-corrected chi connectivity index (χ3v) is 4.59. The number of rotatable bonds is 6. The molecule has 8 heteroatoms. The Morgan fingerprint density at radius 2 is 2.00 bits per heavy atom. The molecule has 2 aromatic heterocycles. The van der Waals surface area contributed by atoms with Gasteiger partial charge in [-0.2, -0.15) is 0 Å². The zero-order chi connectivity index (χ0) is 19.2. The molecule has 1 aliphatic rings. The van der Waals surface area contributed by atoms with Crippen molar-refractivity contribution in [3.8, 4) is 0 Å². The van der Waals surface area contributed by atoms with Gasteiger partial charge in [-0.1, -0.05) is 6.07 Å². The lowest BCUT2D eigenvalue weighted by molar-refractivity contribution is -0.122. The van der Waals surface area contributed by atoms with E-state index in [2.05, 4.69) is 32.5 Å². The molecular weight excluding hydrogens is 346 g/mol. The van der Waals surface area contributed by atoms with Crippen molar-refractivity contribution in [2.24, 2.45) is 0 Å². The molecule has 2 aromatic rings. The maximum absolute atomic E-state index is 12.2. The highest BCUT2D eigenvalue weighted by Gasteiger charge is 2.18. The topological polar surface area (TPSA) is 90.7 Å². The van der Waals surface area contributed by atoms with Crippen LogP contribution >= 0.6 is 0 Å². The Balaban J connectivity index is 1.46. The van der Waals surface area contributed by atoms with E-state index in [1.54, 1.807) is 25.3 Å². The van der Waals surface area contributed by atoms with E-state index >= 15 is 0 Å². The average Bonchev–Trinajstić information content (AvgIpc) is 3.22. The molecule has 2 N–H and O–H groups in total. The number of anilines is 1. The second-order valence-corrected chi connectivity index (χ2v) is 6.71. The summed E-state index contributed by atoms with van der Waals surface area (Å²) in [4.78, 5) is 33.1. The molecule has 0 spiro atoms. The summed E-state index contributed by atoms with van der Waals surface area (Å²) in [7, 11) is 2.12.